The Balaban J connectivity index is 1.86. The van der Waals surface area contributed by atoms with Crippen molar-refractivity contribution >= 4 is 17.6 Å². The molecule has 0 spiro atoms. The highest BCUT2D eigenvalue weighted by Crippen LogP contribution is 2.35. The third kappa shape index (κ3) is 2.64. The first-order valence-corrected chi connectivity index (χ1v) is 7.98. The van der Waals surface area contributed by atoms with Gasteiger partial charge in [0.2, 0.25) is 0 Å². The molecule has 0 bridgehead atoms. The van der Waals surface area contributed by atoms with E-state index in [1.54, 1.807) is 0 Å². The monoisotopic (exact) mass is 291 g/mol. The van der Waals surface area contributed by atoms with Crippen molar-refractivity contribution in [3.63, 3.8) is 0 Å². The largest absolute Gasteiger partial charge is 0.370 e. The Morgan fingerprint density at radius 3 is 2.50 bits per heavy atom. The van der Waals surface area contributed by atoms with Gasteiger partial charge in [-0.15, -0.1) is 0 Å². The van der Waals surface area contributed by atoms with E-state index in [4.69, 9.17) is 17.3 Å². The molecule has 4 heteroatoms. The Kier molecular flexibility index (Phi) is 4.16. The maximum atomic E-state index is 6.37. The van der Waals surface area contributed by atoms with E-state index in [1.165, 1.54) is 38.5 Å². The highest BCUT2D eigenvalue weighted by molar-refractivity contribution is 6.31. The molecule has 1 fully saturated rings. The molecule has 0 aromatic heterocycles. The fraction of sp³-hybridized carbons (Fsp3) is 0.562. The van der Waals surface area contributed by atoms with Gasteiger partial charge in [-0.25, -0.2) is 0 Å². The molecule has 1 aromatic rings. The standard InChI is InChI=1S/C16H22ClN3/c17-14-10-6-5-9-13(14)15-11-19-16(18)20(15)12-7-3-1-2-4-8-12/h5-6,9-10,12,15H,1-4,7-8,11H2,(H2,18,19). The average Bonchev–Trinajstić information content (AvgIpc) is 2.66. The zero-order chi connectivity index (χ0) is 13.9. The van der Waals surface area contributed by atoms with Crippen LogP contribution in [-0.4, -0.2) is 23.4 Å². The quantitative estimate of drug-likeness (QED) is 0.844. The second kappa shape index (κ2) is 6.04. The first-order valence-electron chi connectivity index (χ1n) is 7.60. The van der Waals surface area contributed by atoms with Crippen LogP contribution in [0.1, 0.15) is 50.1 Å². The third-order valence-corrected chi connectivity index (χ3v) is 4.85. The maximum Gasteiger partial charge on any atom is 0.192 e. The van der Waals surface area contributed by atoms with Gasteiger partial charge < -0.3 is 10.6 Å². The van der Waals surface area contributed by atoms with E-state index in [0.29, 0.717) is 12.0 Å². The number of hydrogen-bond donors (Lipinski definition) is 1. The van der Waals surface area contributed by atoms with Crippen LogP contribution in [0.4, 0.5) is 0 Å². The minimum atomic E-state index is 0.215. The molecule has 0 radical (unpaired) electrons. The Labute approximate surface area is 125 Å². The molecule has 20 heavy (non-hydrogen) atoms. The number of hydrogen-bond acceptors (Lipinski definition) is 3. The van der Waals surface area contributed by atoms with Gasteiger partial charge >= 0.3 is 0 Å². The average molecular weight is 292 g/mol. The van der Waals surface area contributed by atoms with Crippen LogP contribution in [0.5, 0.6) is 0 Å². The van der Waals surface area contributed by atoms with Gasteiger partial charge in [0.25, 0.3) is 0 Å². The number of guanidine groups is 1. The van der Waals surface area contributed by atoms with Crippen LogP contribution < -0.4 is 5.73 Å². The minimum Gasteiger partial charge on any atom is -0.370 e. The van der Waals surface area contributed by atoms with Gasteiger partial charge in [0, 0.05) is 11.1 Å². The van der Waals surface area contributed by atoms with Crippen LogP contribution in [0.15, 0.2) is 29.3 Å². The van der Waals surface area contributed by atoms with Gasteiger partial charge in [0.05, 0.1) is 12.6 Å². The molecule has 2 N–H and O–H groups in total. The van der Waals surface area contributed by atoms with Crippen LogP contribution in [0.3, 0.4) is 0 Å². The summed E-state index contributed by atoms with van der Waals surface area (Å²) in [7, 11) is 0. The molecule has 0 amide bonds. The summed E-state index contributed by atoms with van der Waals surface area (Å²) in [5.41, 5.74) is 7.33. The summed E-state index contributed by atoms with van der Waals surface area (Å²) < 4.78 is 0. The predicted octanol–water partition coefficient (Wildman–Crippen LogP) is 3.73. The van der Waals surface area contributed by atoms with Crippen LogP contribution in [0, 0.1) is 0 Å². The lowest BCUT2D eigenvalue weighted by Gasteiger charge is -2.34. The first-order chi connectivity index (χ1) is 9.77. The number of nitrogens with two attached hydrogens (primary N) is 1. The zero-order valence-corrected chi connectivity index (χ0v) is 12.5. The molecule has 1 atom stereocenters. The normalized spacial score (nSPS) is 24.6. The molecule has 0 saturated heterocycles. The van der Waals surface area contributed by atoms with Gasteiger partial charge in [-0.2, -0.15) is 0 Å². The lowest BCUT2D eigenvalue weighted by molar-refractivity contribution is 0.237. The van der Waals surface area contributed by atoms with E-state index < -0.39 is 0 Å². The number of aliphatic imine (C=N–C) groups is 1. The summed E-state index contributed by atoms with van der Waals surface area (Å²) in [6.45, 7) is 0.728. The Hall–Kier alpha value is -1.22. The van der Waals surface area contributed by atoms with Crippen molar-refractivity contribution in [2.24, 2.45) is 10.7 Å². The van der Waals surface area contributed by atoms with Crippen LogP contribution in [0.2, 0.25) is 5.02 Å². The van der Waals surface area contributed by atoms with Gasteiger partial charge in [-0.05, 0) is 24.5 Å². The molecule has 1 heterocycles. The molecule has 2 aliphatic rings. The van der Waals surface area contributed by atoms with Gasteiger partial charge in [-0.3, -0.25) is 4.99 Å². The fourth-order valence-electron chi connectivity index (χ4n) is 3.48. The molecule has 1 aliphatic carbocycles. The van der Waals surface area contributed by atoms with Crippen molar-refractivity contribution in [3.8, 4) is 0 Å². The highest BCUT2D eigenvalue weighted by Gasteiger charge is 2.34. The first kappa shape index (κ1) is 13.7. The molecule has 1 unspecified atom stereocenters. The summed E-state index contributed by atoms with van der Waals surface area (Å²) in [6, 6.07) is 8.81. The molecule has 1 aromatic carbocycles. The van der Waals surface area contributed by atoms with Crippen molar-refractivity contribution in [1.82, 2.24) is 4.90 Å². The Morgan fingerprint density at radius 2 is 1.80 bits per heavy atom. The van der Waals surface area contributed by atoms with E-state index in [2.05, 4.69) is 16.0 Å². The smallest absolute Gasteiger partial charge is 0.192 e. The van der Waals surface area contributed by atoms with Gasteiger partial charge in [0.1, 0.15) is 0 Å². The Morgan fingerprint density at radius 1 is 1.10 bits per heavy atom. The van der Waals surface area contributed by atoms with Crippen molar-refractivity contribution in [1.29, 1.82) is 0 Å². The number of nitrogens with zero attached hydrogens (tertiary/aromatic N) is 2. The summed E-state index contributed by atoms with van der Waals surface area (Å²) in [5.74, 6) is 0.696. The molecule has 108 valence electrons. The van der Waals surface area contributed by atoms with Crippen LogP contribution in [-0.2, 0) is 0 Å². The van der Waals surface area contributed by atoms with Crippen molar-refractivity contribution in [2.75, 3.05) is 6.54 Å². The summed E-state index contributed by atoms with van der Waals surface area (Å²) in [6.07, 6.45) is 7.72. The summed E-state index contributed by atoms with van der Waals surface area (Å²) >= 11 is 6.37. The number of rotatable bonds is 2. The number of benzene rings is 1. The summed E-state index contributed by atoms with van der Waals surface area (Å²) in [4.78, 5) is 6.81. The molecule has 3 nitrogen and oxygen atoms in total. The van der Waals surface area contributed by atoms with Crippen LogP contribution >= 0.6 is 11.6 Å². The second-order valence-electron chi connectivity index (χ2n) is 5.79. The van der Waals surface area contributed by atoms with Gasteiger partial charge in [0.15, 0.2) is 5.96 Å². The molecule has 3 rings (SSSR count). The minimum absolute atomic E-state index is 0.215. The van der Waals surface area contributed by atoms with E-state index in [9.17, 15) is 0 Å². The van der Waals surface area contributed by atoms with E-state index >= 15 is 0 Å². The SMILES string of the molecule is NC1=NCC(c2ccccc2Cl)N1C1CCCCCC1. The molecular weight excluding hydrogens is 270 g/mol. The highest BCUT2D eigenvalue weighted by atomic mass is 35.5. The summed E-state index contributed by atoms with van der Waals surface area (Å²) in [5, 5.41) is 0.820. The molecule has 1 aliphatic heterocycles. The van der Waals surface area contributed by atoms with Crippen molar-refractivity contribution < 1.29 is 0 Å². The molecular formula is C16H22ClN3. The van der Waals surface area contributed by atoms with Crippen molar-refractivity contribution in [3.05, 3.63) is 34.9 Å². The number of halogens is 1. The van der Waals surface area contributed by atoms with E-state index in [-0.39, 0.29) is 6.04 Å². The lowest BCUT2D eigenvalue weighted by Crippen LogP contribution is -2.43. The maximum absolute atomic E-state index is 6.37. The predicted molar refractivity (Wildman–Crippen MR) is 84.0 cm³/mol. The fourth-order valence-corrected chi connectivity index (χ4v) is 3.74. The topological polar surface area (TPSA) is 41.6 Å². The van der Waals surface area contributed by atoms with Gasteiger partial charge in [-0.1, -0.05) is 55.5 Å². The van der Waals surface area contributed by atoms with Crippen molar-refractivity contribution in [2.45, 2.75) is 50.6 Å². The molecule has 1 saturated carbocycles. The zero-order valence-electron chi connectivity index (χ0n) is 11.8. The third-order valence-electron chi connectivity index (χ3n) is 4.51. The van der Waals surface area contributed by atoms with E-state index in [1.807, 2.05) is 18.2 Å². The second-order valence-corrected chi connectivity index (χ2v) is 6.20. The van der Waals surface area contributed by atoms with Crippen LogP contribution in [0.25, 0.3) is 0 Å². The lowest BCUT2D eigenvalue weighted by atomic mass is 10.0. The Bertz CT molecular complexity index is 492. The van der Waals surface area contributed by atoms with E-state index in [0.717, 1.165) is 17.1 Å².